The molecule has 0 bridgehead atoms. The van der Waals surface area contributed by atoms with Crippen molar-refractivity contribution in [2.75, 3.05) is 25.0 Å². The van der Waals surface area contributed by atoms with Crippen LogP contribution in [0.2, 0.25) is 0 Å². The molecule has 1 aliphatic carbocycles. The molecule has 1 N–H and O–H groups in total. The van der Waals surface area contributed by atoms with E-state index in [4.69, 9.17) is 0 Å². The number of anilines is 1. The minimum absolute atomic E-state index is 0.483. The molecule has 0 amide bonds. The van der Waals surface area contributed by atoms with E-state index in [9.17, 15) is 0 Å². The Morgan fingerprint density at radius 1 is 1.21 bits per heavy atom. The number of nitrogens with one attached hydrogen (secondary N) is 1. The third-order valence-corrected chi connectivity index (χ3v) is 4.09. The van der Waals surface area contributed by atoms with Gasteiger partial charge in [-0.15, -0.1) is 0 Å². The molecule has 1 fully saturated rings. The van der Waals surface area contributed by atoms with E-state index in [1.54, 1.807) is 0 Å². The number of nitrogens with zero attached hydrogens (tertiary/aromatic N) is 1. The maximum atomic E-state index is 3.37. The summed E-state index contributed by atoms with van der Waals surface area (Å²) in [6, 6.07) is 9.66. The van der Waals surface area contributed by atoms with Crippen LogP contribution in [-0.4, -0.2) is 20.1 Å². The Balaban J connectivity index is 2.05. The maximum Gasteiger partial charge on any atom is 0.0366 e. The second-order valence-electron chi connectivity index (χ2n) is 5.73. The Labute approximate surface area is 118 Å². The van der Waals surface area contributed by atoms with E-state index in [1.165, 1.54) is 43.6 Å². The lowest BCUT2D eigenvalue weighted by Crippen LogP contribution is -2.26. The summed E-state index contributed by atoms with van der Waals surface area (Å²) in [6.07, 6.45) is 5.21. The fourth-order valence-corrected chi connectivity index (χ4v) is 2.73. The zero-order valence-corrected chi connectivity index (χ0v) is 12.7. The van der Waals surface area contributed by atoms with Crippen molar-refractivity contribution in [3.63, 3.8) is 0 Å². The second kappa shape index (κ2) is 6.95. The summed E-state index contributed by atoms with van der Waals surface area (Å²) in [4.78, 5) is 2.56. The second-order valence-corrected chi connectivity index (χ2v) is 5.73. The number of hydrogen-bond acceptors (Lipinski definition) is 2. The van der Waals surface area contributed by atoms with E-state index >= 15 is 0 Å². The van der Waals surface area contributed by atoms with Crippen molar-refractivity contribution in [2.45, 2.75) is 45.6 Å². The average Bonchev–Trinajstić information content (AvgIpc) is 3.25. The highest BCUT2D eigenvalue weighted by atomic mass is 15.1. The van der Waals surface area contributed by atoms with Gasteiger partial charge in [-0.2, -0.15) is 0 Å². The Morgan fingerprint density at radius 3 is 2.37 bits per heavy atom. The highest BCUT2D eigenvalue weighted by Crippen LogP contribution is 2.32. The zero-order chi connectivity index (χ0) is 13.7. The van der Waals surface area contributed by atoms with Gasteiger partial charge in [0.1, 0.15) is 0 Å². The van der Waals surface area contributed by atoms with E-state index < -0.39 is 0 Å². The molecular formula is C17H28N2. The molecule has 1 aromatic carbocycles. The van der Waals surface area contributed by atoms with E-state index in [2.05, 4.69) is 48.3 Å². The predicted molar refractivity (Wildman–Crippen MR) is 83.8 cm³/mol. The average molecular weight is 260 g/mol. The van der Waals surface area contributed by atoms with Gasteiger partial charge in [-0.1, -0.05) is 26.0 Å². The Hall–Kier alpha value is -1.02. The molecule has 0 aromatic heterocycles. The van der Waals surface area contributed by atoms with Crippen LogP contribution in [-0.2, 0) is 0 Å². The summed E-state index contributed by atoms with van der Waals surface area (Å²) in [5, 5.41) is 3.37. The van der Waals surface area contributed by atoms with Crippen LogP contribution in [0.1, 0.15) is 51.1 Å². The van der Waals surface area contributed by atoms with Crippen molar-refractivity contribution in [2.24, 2.45) is 5.92 Å². The maximum absolute atomic E-state index is 3.37. The molecule has 0 heterocycles. The van der Waals surface area contributed by atoms with Crippen LogP contribution in [0.3, 0.4) is 0 Å². The van der Waals surface area contributed by atoms with Gasteiger partial charge in [-0.05, 0) is 56.3 Å². The van der Waals surface area contributed by atoms with Crippen molar-refractivity contribution >= 4 is 5.69 Å². The van der Waals surface area contributed by atoms with Crippen molar-refractivity contribution in [1.82, 2.24) is 5.32 Å². The molecule has 0 aliphatic heterocycles. The topological polar surface area (TPSA) is 15.3 Å². The number of rotatable bonds is 8. The smallest absolute Gasteiger partial charge is 0.0366 e. The van der Waals surface area contributed by atoms with E-state index in [1.807, 2.05) is 7.05 Å². The van der Waals surface area contributed by atoms with Crippen LogP contribution in [0.4, 0.5) is 5.69 Å². The van der Waals surface area contributed by atoms with Gasteiger partial charge in [0.2, 0.25) is 0 Å². The largest absolute Gasteiger partial charge is 0.371 e. The first-order valence-electron chi connectivity index (χ1n) is 7.80. The van der Waals surface area contributed by atoms with Gasteiger partial charge in [0.05, 0.1) is 0 Å². The minimum Gasteiger partial charge on any atom is -0.371 e. The van der Waals surface area contributed by atoms with Crippen molar-refractivity contribution in [3.8, 4) is 0 Å². The fourth-order valence-electron chi connectivity index (χ4n) is 2.73. The van der Waals surface area contributed by atoms with Crippen LogP contribution in [0.5, 0.6) is 0 Å². The van der Waals surface area contributed by atoms with Crippen molar-refractivity contribution < 1.29 is 0 Å². The van der Waals surface area contributed by atoms with Gasteiger partial charge >= 0.3 is 0 Å². The number of hydrogen-bond donors (Lipinski definition) is 1. The number of benzene rings is 1. The molecule has 2 nitrogen and oxygen atoms in total. The molecule has 2 heteroatoms. The van der Waals surface area contributed by atoms with Gasteiger partial charge < -0.3 is 10.2 Å². The fraction of sp³-hybridized carbons (Fsp3) is 0.647. The molecule has 19 heavy (non-hydrogen) atoms. The third-order valence-electron chi connectivity index (χ3n) is 4.09. The lowest BCUT2D eigenvalue weighted by molar-refractivity contribution is 0.577. The van der Waals surface area contributed by atoms with Gasteiger partial charge in [0.15, 0.2) is 0 Å². The molecule has 106 valence electrons. The molecule has 1 saturated carbocycles. The quantitative estimate of drug-likeness (QED) is 0.760. The van der Waals surface area contributed by atoms with Gasteiger partial charge in [0, 0.05) is 24.8 Å². The molecule has 1 aromatic rings. The summed E-state index contributed by atoms with van der Waals surface area (Å²) >= 11 is 0. The highest BCUT2D eigenvalue weighted by molar-refractivity contribution is 5.48. The summed E-state index contributed by atoms with van der Waals surface area (Å²) < 4.78 is 0. The first-order chi connectivity index (χ1) is 9.28. The molecule has 1 aliphatic rings. The SMILES string of the molecule is CCCN(CC1CC1)c1ccc(C(CC)NC)cc1. The highest BCUT2D eigenvalue weighted by Gasteiger charge is 2.24. The normalized spacial score (nSPS) is 16.4. The molecule has 0 saturated heterocycles. The molecular weight excluding hydrogens is 232 g/mol. The predicted octanol–water partition coefficient (Wildman–Crippen LogP) is 3.98. The van der Waals surface area contributed by atoms with E-state index in [-0.39, 0.29) is 0 Å². The third kappa shape index (κ3) is 3.97. The van der Waals surface area contributed by atoms with Crippen LogP contribution >= 0.6 is 0 Å². The molecule has 0 spiro atoms. The first-order valence-corrected chi connectivity index (χ1v) is 7.80. The van der Waals surface area contributed by atoms with E-state index in [0.717, 1.165) is 12.3 Å². The summed E-state index contributed by atoms with van der Waals surface area (Å²) in [7, 11) is 2.04. The summed E-state index contributed by atoms with van der Waals surface area (Å²) in [6.45, 7) is 6.92. The van der Waals surface area contributed by atoms with Gasteiger partial charge in [-0.3, -0.25) is 0 Å². The van der Waals surface area contributed by atoms with Crippen LogP contribution in [0, 0.1) is 5.92 Å². The lowest BCUT2D eigenvalue weighted by atomic mass is 10.0. The Bertz CT molecular complexity index is 363. The molecule has 1 unspecified atom stereocenters. The lowest BCUT2D eigenvalue weighted by Gasteiger charge is -2.25. The molecule has 2 rings (SSSR count). The first kappa shape index (κ1) is 14.4. The van der Waals surface area contributed by atoms with Crippen LogP contribution in [0.25, 0.3) is 0 Å². The minimum atomic E-state index is 0.483. The van der Waals surface area contributed by atoms with Crippen molar-refractivity contribution in [3.05, 3.63) is 29.8 Å². The monoisotopic (exact) mass is 260 g/mol. The molecule has 0 radical (unpaired) electrons. The molecule has 1 atom stereocenters. The van der Waals surface area contributed by atoms with E-state index in [0.29, 0.717) is 6.04 Å². The summed E-state index contributed by atoms with van der Waals surface area (Å²) in [5.74, 6) is 0.951. The van der Waals surface area contributed by atoms with Gasteiger partial charge in [0.25, 0.3) is 0 Å². The Morgan fingerprint density at radius 2 is 1.89 bits per heavy atom. The zero-order valence-electron chi connectivity index (χ0n) is 12.7. The van der Waals surface area contributed by atoms with Crippen LogP contribution < -0.4 is 10.2 Å². The van der Waals surface area contributed by atoms with Crippen LogP contribution in [0.15, 0.2) is 24.3 Å². The standard InChI is InChI=1S/C17H28N2/c1-4-12-19(13-14-6-7-14)16-10-8-15(9-11-16)17(5-2)18-3/h8-11,14,17-18H,4-7,12-13H2,1-3H3. The van der Waals surface area contributed by atoms with Gasteiger partial charge in [-0.25, -0.2) is 0 Å². The van der Waals surface area contributed by atoms with Crippen molar-refractivity contribution in [1.29, 1.82) is 0 Å². The Kier molecular flexibility index (Phi) is 5.26. The summed E-state index contributed by atoms with van der Waals surface area (Å²) in [5.41, 5.74) is 2.79.